The molecule has 6 heteroatoms. The van der Waals surface area contributed by atoms with Crippen molar-refractivity contribution >= 4 is 23.1 Å². The summed E-state index contributed by atoms with van der Waals surface area (Å²) in [6.45, 7) is 7.48. The van der Waals surface area contributed by atoms with Crippen LogP contribution in [0, 0.1) is 6.92 Å². The lowest BCUT2D eigenvalue weighted by atomic mass is 10.3. The maximum Gasteiger partial charge on any atom is 0.171 e. The average molecular weight is 280 g/mol. The van der Waals surface area contributed by atoms with Gasteiger partial charge in [0.05, 0.1) is 13.2 Å². The van der Waals surface area contributed by atoms with Crippen molar-refractivity contribution in [1.82, 2.24) is 15.2 Å². The summed E-state index contributed by atoms with van der Waals surface area (Å²) in [5.41, 5.74) is 1.08. The van der Waals surface area contributed by atoms with E-state index in [1.54, 1.807) is 6.20 Å². The van der Waals surface area contributed by atoms with E-state index in [1.807, 2.05) is 19.1 Å². The summed E-state index contributed by atoms with van der Waals surface area (Å²) in [7, 11) is 0. The van der Waals surface area contributed by atoms with Gasteiger partial charge in [-0.25, -0.2) is 4.98 Å². The molecule has 1 aromatic heterocycles. The molecule has 1 aliphatic heterocycles. The Morgan fingerprint density at radius 1 is 1.47 bits per heavy atom. The van der Waals surface area contributed by atoms with Crippen LogP contribution in [0.25, 0.3) is 0 Å². The van der Waals surface area contributed by atoms with Crippen LogP contribution in [0.1, 0.15) is 5.56 Å². The summed E-state index contributed by atoms with van der Waals surface area (Å²) in [5.74, 6) is 0.811. The molecule has 1 saturated heterocycles. The standard InChI is InChI=1S/C13H20N4OS/c1-11-3-2-4-14-12(11)16-13(19)15-5-6-17-7-9-18-10-8-17/h2-4H,5-10H2,1H3,(H2,14,15,16,19). The van der Waals surface area contributed by atoms with Crippen molar-refractivity contribution in [2.24, 2.45) is 0 Å². The summed E-state index contributed by atoms with van der Waals surface area (Å²) < 4.78 is 5.31. The molecular weight excluding hydrogens is 260 g/mol. The van der Waals surface area contributed by atoms with E-state index >= 15 is 0 Å². The van der Waals surface area contributed by atoms with Gasteiger partial charge < -0.3 is 15.4 Å². The van der Waals surface area contributed by atoms with Gasteiger partial charge in [-0.05, 0) is 30.8 Å². The summed E-state index contributed by atoms with van der Waals surface area (Å²) >= 11 is 5.26. The van der Waals surface area contributed by atoms with Gasteiger partial charge in [-0.2, -0.15) is 0 Å². The molecule has 5 nitrogen and oxygen atoms in total. The van der Waals surface area contributed by atoms with Gasteiger partial charge in [0.15, 0.2) is 5.11 Å². The number of pyridine rings is 1. The number of nitrogens with zero attached hydrogens (tertiary/aromatic N) is 2. The van der Waals surface area contributed by atoms with Crippen molar-refractivity contribution in [2.75, 3.05) is 44.7 Å². The highest BCUT2D eigenvalue weighted by atomic mass is 32.1. The highest BCUT2D eigenvalue weighted by Gasteiger charge is 2.09. The molecule has 0 unspecified atom stereocenters. The molecule has 2 rings (SSSR count). The first-order valence-corrected chi connectivity index (χ1v) is 6.93. The second-order valence-electron chi connectivity index (χ2n) is 4.50. The normalized spacial score (nSPS) is 16.1. The number of hydrogen-bond acceptors (Lipinski definition) is 4. The second kappa shape index (κ2) is 7.37. The Balaban J connectivity index is 1.68. The molecule has 0 saturated carbocycles. The van der Waals surface area contributed by atoms with Crippen LogP contribution in [0.3, 0.4) is 0 Å². The van der Waals surface area contributed by atoms with Crippen LogP contribution in [0.15, 0.2) is 18.3 Å². The number of thiocarbonyl (C=S) groups is 1. The first-order valence-electron chi connectivity index (χ1n) is 6.52. The number of nitrogens with one attached hydrogen (secondary N) is 2. The van der Waals surface area contributed by atoms with Crippen molar-refractivity contribution < 1.29 is 4.74 Å². The van der Waals surface area contributed by atoms with Crippen LogP contribution >= 0.6 is 12.2 Å². The third-order valence-electron chi connectivity index (χ3n) is 3.06. The zero-order chi connectivity index (χ0) is 13.5. The van der Waals surface area contributed by atoms with E-state index in [1.165, 1.54) is 0 Å². The van der Waals surface area contributed by atoms with Gasteiger partial charge in [-0.15, -0.1) is 0 Å². The number of hydrogen-bond donors (Lipinski definition) is 2. The Hall–Kier alpha value is -1.24. The van der Waals surface area contributed by atoms with Gasteiger partial charge in [0.25, 0.3) is 0 Å². The summed E-state index contributed by atoms with van der Waals surface area (Å²) in [6.07, 6.45) is 1.76. The lowest BCUT2D eigenvalue weighted by Gasteiger charge is -2.26. The molecule has 2 heterocycles. The summed E-state index contributed by atoms with van der Waals surface area (Å²) in [4.78, 5) is 6.62. The predicted octanol–water partition coefficient (Wildman–Crippen LogP) is 1.01. The number of morpholine rings is 1. The molecule has 0 aromatic carbocycles. The molecule has 0 atom stereocenters. The number of rotatable bonds is 4. The third kappa shape index (κ3) is 4.74. The number of anilines is 1. The van der Waals surface area contributed by atoms with E-state index in [4.69, 9.17) is 17.0 Å². The van der Waals surface area contributed by atoms with Crippen molar-refractivity contribution in [3.8, 4) is 0 Å². The highest BCUT2D eigenvalue weighted by Crippen LogP contribution is 2.08. The van der Waals surface area contributed by atoms with E-state index in [0.29, 0.717) is 5.11 Å². The molecule has 2 N–H and O–H groups in total. The van der Waals surface area contributed by atoms with Crippen molar-refractivity contribution in [3.63, 3.8) is 0 Å². The maximum absolute atomic E-state index is 5.31. The Kier molecular flexibility index (Phi) is 5.50. The molecule has 0 amide bonds. The van der Waals surface area contributed by atoms with Gasteiger partial charge in [0.2, 0.25) is 0 Å². The first kappa shape index (κ1) is 14.2. The summed E-state index contributed by atoms with van der Waals surface area (Å²) in [6, 6.07) is 3.92. The fourth-order valence-electron chi connectivity index (χ4n) is 1.92. The molecule has 19 heavy (non-hydrogen) atoms. The third-order valence-corrected chi connectivity index (χ3v) is 3.31. The molecule has 0 radical (unpaired) electrons. The number of ether oxygens (including phenoxy) is 1. The number of aryl methyl sites for hydroxylation is 1. The van der Waals surface area contributed by atoms with Gasteiger partial charge in [-0.3, -0.25) is 4.90 Å². The SMILES string of the molecule is Cc1cccnc1NC(=S)NCCN1CCOCC1. The first-order chi connectivity index (χ1) is 9.25. The maximum atomic E-state index is 5.31. The lowest BCUT2D eigenvalue weighted by Crippen LogP contribution is -2.42. The number of aromatic nitrogens is 1. The van der Waals surface area contributed by atoms with Crippen molar-refractivity contribution in [1.29, 1.82) is 0 Å². The van der Waals surface area contributed by atoms with Crippen LogP contribution < -0.4 is 10.6 Å². The van der Waals surface area contributed by atoms with Crippen LogP contribution in [-0.4, -0.2) is 54.4 Å². The van der Waals surface area contributed by atoms with Crippen LogP contribution in [0.2, 0.25) is 0 Å². The van der Waals surface area contributed by atoms with Crippen LogP contribution in [0.5, 0.6) is 0 Å². The molecule has 1 aromatic rings. The van der Waals surface area contributed by atoms with Crippen molar-refractivity contribution in [3.05, 3.63) is 23.9 Å². The molecule has 1 fully saturated rings. The topological polar surface area (TPSA) is 49.4 Å². The van der Waals surface area contributed by atoms with E-state index < -0.39 is 0 Å². The van der Waals surface area contributed by atoms with E-state index in [0.717, 1.165) is 50.8 Å². The fraction of sp³-hybridized carbons (Fsp3) is 0.538. The minimum absolute atomic E-state index is 0.620. The highest BCUT2D eigenvalue weighted by molar-refractivity contribution is 7.80. The van der Waals surface area contributed by atoms with Gasteiger partial charge in [0.1, 0.15) is 5.82 Å². The summed E-state index contributed by atoms with van der Waals surface area (Å²) in [5, 5.41) is 6.94. The Bertz CT molecular complexity index is 421. The van der Waals surface area contributed by atoms with Crippen LogP contribution in [-0.2, 0) is 4.74 Å². The molecule has 0 aliphatic carbocycles. The predicted molar refractivity (Wildman–Crippen MR) is 80.5 cm³/mol. The van der Waals surface area contributed by atoms with Crippen molar-refractivity contribution in [2.45, 2.75) is 6.92 Å². The van der Waals surface area contributed by atoms with Gasteiger partial charge >= 0.3 is 0 Å². The second-order valence-corrected chi connectivity index (χ2v) is 4.91. The van der Waals surface area contributed by atoms with Gasteiger partial charge in [-0.1, -0.05) is 6.07 Å². The quantitative estimate of drug-likeness (QED) is 0.803. The fourth-order valence-corrected chi connectivity index (χ4v) is 2.12. The lowest BCUT2D eigenvalue weighted by molar-refractivity contribution is 0.0389. The van der Waals surface area contributed by atoms with Crippen LogP contribution in [0.4, 0.5) is 5.82 Å². The minimum atomic E-state index is 0.620. The van der Waals surface area contributed by atoms with E-state index in [9.17, 15) is 0 Å². The molecule has 0 bridgehead atoms. The Morgan fingerprint density at radius 2 is 2.26 bits per heavy atom. The largest absolute Gasteiger partial charge is 0.379 e. The monoisotopic (exact) mass is 280 g/mol. The zero-order valence-corrected chi connectivity index (χ0v) is 12.0. The van der Waals surface area contributed by atoms with Gasteiger partial charge in [0, 0.05) is 32.4 Å². The zero-order valence-electron chi connectivity index (χ0n) is 11.2. The Morgan fingerprint density at radius 3 is 3.00 bits per heavy atom. The minimum Gasteiger partial charge on any atom is -0.379 e. The van der Waals surface area contributed by atoms with E-state index in [-0.39, 0.29) is 0 Å². The molecular formula is C13H20N4OS. The average Bonchev–Trinajstić information content (AvgIpc) is 2.43. The molecule has 1 aliphatic rings. The Labute approximate surface area is 119 Å². The van der Waals surface area contributed by atoms with E-state index in [2.05, 4.69) is 20.5 Å². The smallest absolute Gasteiger partial charge is 0.171 e. The molecule has 104 valence electrons. The molecule has 0 spiro atoms.